The number of benzene rings is 1. The molecule has 1 aliphatic heterocycles. The van der Waals surface area contributed by atoms with E-state index < -0.39 is 0 Å². The Hall–Kier alpha value is -2.68. The molecule has 1 aliphatic carbocycles. The molecule has 1 saturated carbocycles. The lowest BCUT2D eigenvalue weighted by Gasteiger charge is -2.31. The number of anilines is 1. The Morgan fingerprint density at radius 1 is 1.29 bits per heavy atom. The van der Waals surface area contributed by atoms with E-state index in [1.807, 2.05) is 12.1 Å². The number of carbonyl (C=O) groups excluding carboxylic acids is 1. The molecule has 0 radical (unpaired) electrons. The van der Waals surface area contributed by atoms with Crippen LogP contribution in [0.25, 0.3) is 0 Å². The molecule has 6 heteroatoms. The second-order valence-corrected chi connectivity index (χ2v) is 6.09. The van der Waals surface area contributed by atoms with Gasteiger partial charge in [0.15, 0.2) is 11.5 Å². The average molecular weight is 327 g/mol. The normalized spacial score (nSPS) is 17.2. The van der Waals surface area contributed by atoms with E-state index in [1.54, 1.807) is 24.1 Å². The smallest absolute Gasteiger partial charge is 0.266 e. The highest BCUT2D eigenvalue weighted by Gasteiger charge is 2.24. The lowest BCUT2D eigenvalue weighted by molar-refractivity contribution is -0.128. The zero-order chi connectivity index (χ0) is 16.9. The number of amides is 1. The summed E-state index contributed by atoms with van der Waals surface area (Å²) in [6.45, 7) is 0.211. The molecule has 1 aromatic carbocycles. The van der Waals surface area contributed by atoms with Crippen LogP contribution in [0.4, 0.5) is 5.69 Å². The van der Waals surface area contributed by atoms with E-state index >= 15 is 0 Å². The molecule has 1 heterocycles. The Bertz CT molecular complexity index is 687. The standard InChI is InChI=1S/C18H21N3O3/c1-21(15-5-3-2-4-6-15)18(22)13(10-19)11-20-14-7-8-16-17(9-14)24-12-23-16/h7-9,11,15,20H,2-6,12H2,1H3/b13-11-. The molecule has 1 amide bonds. The SMILES string of the molecule is CN(C(=O)/C(C#N)=C\Nc1ccc2c(c1)OCO2)C1CCCCC1. The van der Waals surface area contributed by atoms with Crippen molar-refractivity contribution in [3.63, 3.8) is 0 Å². The first kappa shape index (κ1) is 16.2. The van der Waals surface area contributed by atoms with Gasteiger partial charge in [0.1, 0.15) is 11.6 Å². The van der Waals surface area contributed by atoms with Crippen LogP contribution in [0.2, 0.25) is 0 Å². The van der Waals surface area contributed by atoms with Crippen molar-refractivity contribution in [2.45, 2.75) is 38.1 Å². The van der Waals surface area contributed by atoms with Gasteiger partial charge in [-0.15, -0.1) is 0 Å². The lowest BCUT2D eigenvalue weighted by Crippen LogP contribution is -2.39. The lowest BCUT2D eigenvalue weighted by atomic mass is 9.94. The van der Waals surface area contributed by atoms with Crippen LogP contribution in [0.3, 0.4) is 0 Å². The Labute approximate surface area is 141 Å². The van der Waals surface area contributed by atoms with Crippen molar-refractivity contribution in [2.75, 3.05) is 19.2 Å². The van der Waals surface area contributed by atoms with Gasteiger partial charge in [-0.1, -0.05) is 19.3 Å². The molecule has 1 aromatic rings. The minimum atomic E-state index is -0.238. The predicted octanol–water partition coefficient (Wildman–Crippen LogP) is 3.03. The maximum Gasteiger partial charge on any atom is 0.266 e. The molecule has 3 rings (SSSR count). The minimum absolute atomic E-state index is 0.0979. The summed E-state index contributed by atoms with van der Waals surface area (Å²) in [6, 6.07) is 7.61. The van der Waals surface area contributed by atoms with E-state index in [-0.39, 0.29) is 24.3 Å². The molecule has 24 heavy (non-hydrogen) atoms. The van der Waals surface area contributed by atoms with Gasteiger partial charge in [0.05, 0.1) is 0 Å². The Balaban J connectivity index is 1.67. The van der Waals surface area contributed by atoms with Gasteiger partial charge >= 0.3 is 0 Å². The summed E-state index contributed by atoms with van der Waals surface area (Å²) in [5.41, 5.74) is 0.834. The monoisotopic (exact) mass is 327 g/mol. The number of fused-ring (bicyclic) bond motifs is 1. The maximum atomic E-state index is 12.5. The quantitative estimate of drug-likeness (QED) is 0.679. The van der Waals surface area contributed by atoms with Crippen molar-refractivity contribution in [3.05, 3.63) is 30.0 Å². The summed E-state index contributed by atoms with van der Waals surface area (Å²) >= 11 is 0. The fourth-order valence-electron chi connectivity index (χ4n) is 3.11. The fraction of sp³-hybridized carbons (Fsp3) is 0.444. The minimum Gasteiger partial charge on any atom is -0.454 e. The van der Waals surface area contributed by atoms with E-state index in [2.05, 4.69) is 5.32 Å². The van der Waals surface area contributed by atoms with Crippen LogP contribution in [0.15, 0.2) is 30.0 Å². The third-order valence-corrected chi connectivity index (χ3v) is 4.55. The predicted molar refractivity (Wildman–Crippen MR) is 89.5 cm³/mol. The number of nitriles is 1. The van der Waals surface area contributed by atoms with Crippen LogP contribution in [0.5, 0.6) is 11.5 Å². The number of nitrogens with zero attached hydrogens (tertiary/aromatic N) is 2. The van der Waals surface area contributed by atoms with E-state index in [4.69, 9.17) is 9.47 Å². The van der Waals surface area contributed by atoms with Gasteiger partial charge in [-0.3, -0.25) is 4.79 Å². The second kappa shape index (κ2) is 7.26. The van der Waals surface area contributed by atoms with Crippen molar-refractivity contribution >= 4 is 11.6 Å². The first-order valence-electron chi connectivity index (χ1n) is 8.22. The number of hydrogen-bond acceptors (Lipinski definition) is 5. The van der Waals surface area contributed by atoms with Crippen LogP contribution in [0.1, 0.15) is 32.1 Å². The highest BCUT2D eigenvalue weighted by molar-refractivity contribution is 5.97. The molecule has 1 fully saturated rings. The molecular weight excluding hydrogens is 306 g/mol. The molecule has 1 N–H and O–H groups in total. The second-order valence-electron chi connectivity index (χ2n) is 6.09. The van der Waals surface area contributed by atoms with Crippen LogP contribution in [0, 0.1) is 11.3 Å². The molecule has 0 unspecified atom stereocenters. The van der Waals surface area contributed by atoms with Gasteiger partial charge in [-0.2, -0.15) is 5.26 Å². The number of carbonyl (C=O) groups is 1. The van der Waals surface area contributed by atoms with E-state index in [1.165, 1.54) is 12.6 Å². The Morgan fingerprint density at radius 3 is 2.79 bits per heavy atom. The summed E-state index contributed by atoms with van der Waals surface area (Å²) in [5.74, 6) is 1.10. The largest absolute Gasteiger partial charge is 0.454 e. The fourth-order valence-corrected chi connectivity index (χ4v) is 3.11. The molecule has 2 aliphatic rings. The molecular formula is C18H21N3O3. The third-order valence-electron chi connectivity index (χ3n) is 4.55. The van der Waals surface area contributed by atoms with Crippen molar-refractivity contribution in [2.24, 2.45) is 0 Å². The first-order chi connectivity index (χ1) is 11.7. The summed E-state index contributed by atoms with van der Waals surface area (Å²) in [6.07, 6.45) is 6.99. The van der Waals surface area contributed by atoms with Crippen LogP contribution in [-0.2, 0) is 4.79 Å². The summed E-state index contributed by atoms with van der Waals surface area (Å²) in [5, 5.41) is 12.3. The molecule has 0 saturated heterocycles. The highest BCUT2D eigenvalue weighted by atomic mass is 16.7. The van der Waals surface area contributed by atoms with E-state index in [0.29, 0.717) is 11.5 Å². The van der Waals surface area contributed by atoms with E-state index in [9.17, 15) is 10.1 Å². The van der Waals surface area contributed by atoms with Gasteiger partial charge in [0.2, 0.25) is 6.79 Å². The van der Waals surface area contributed by atoms with Gasteiger partial charge in [0.25, 0.3) is 5.91 Å². The van der Waals surface area contributed by atoms with Crippen LogP contribution in [-0.4, -0.2) is 30.7 Å². The molecule has 0 spiro atoms. The topological polar surface area (TPSA) is 74.6 Å². The average Bonchev–Trinajstić information content (AvgIpc) is 3.10. The zero-order valence-electron chi connectivity index (χ0n) is 13.7. The first-order valence-corrected chi connectivity index (χ1v) is 8.22. The summed E-state index contributed by atoms with van der Waals surface area (Å²) in [4.78, 5) is 14.2. The molecule has 126 valence electrons. The molecule has 0 aromatic heterocycles. The zero-order valence-corrected chi connectivity index (χ0v) is 13.7. The molecule has 0 atom stereocenters. The summed E-state index contributed by atoms with van der Waals surface area (Å²) in [7, 11) is 1.78. The van der Waals surface area contributed by atoms with E-state index in [0.717, 1.165) is 31.4 Å². The Kier molecular flexibility index (Phi) is 4.90. The number of rotatable bonds is 4. The maximum absolute atomic E-state index is 12.5. The molecule has 0 bridgehead atoms. The Morgan fingerprint density at radius 2 is 2.04 bits per heavy atom. The number of hydrogen-bond donors (Lipinski definition) is 1. The van der Waals surface area contributed by atoms with Gasteiger partial charge in [-0.05, 0) is 25.0 Å². The van der Waals surface area contributed by atoms with Crippen molar-refractivity contribution in [1.82, 2.24) is 4.90 Å². The van der Waals surface area contributed by atoms with Gasteiger partial charge < -0.3 is 19.7 Å². The van der Waals surface area contributed by atoms with Crippen molar-refractivity contribution < 1.29 is 14.3 Å². The van der Waals surface area contributed by atoms with Gasteiger partial charge in [-0.25, -0.2) is 0 Å². The third kappa shape index (κ3) is 3.46. The van der Waals surface area contributed by atoms with Crippen molar-refractivity contribution in [1.29, 1.82) is 5.26 Å². The van der Waals surface area contributed by atoms with Crippen LogP contribution >= 0.6 is 0 Å². The summed E-state index contributed by atoms with van der Waals surface area (Å²) < 4.78 is 10.6. The van der Waals surface area contributed by atoms with Gasteiger partial charge in [0, 0.05) is 31.0 Å². The number of ether oxygens (including phenoxy) is 2. The highest BCUT2D eigenvalue weighted by Crippen LogP contribution is 2.34. The van der Waals surface area contributed by atoms with Crippen molar-refractivity contribution in [3.8, 4) is 17.6 Å². The van der Waals surface area contributed by atoms with Crippen LogP contribution < -0.4 is 14.8 Å². The number of nitrogens with one attached hydrogen (secondary N) is 1. The number of likely N-dealkylation sites (N-methyl/N-ethyl adjacent to an activating group) is 1. The molecule has 6 nitrogen and oxygen atoms in total.